The molecule has 92 valence electrons. The van der Waals surface area contributed by atoms with Gasteiger partial charge in [0.2, 0.25) is 5.91 Å². The minimum Gasteiger partial charge on any atom is -0.493 e. The van der Waals surface area contributed by atoms with Gasteiger partial charge in [-0.05, 0) is 36.6 Å². The Labute approximate surface area is 110 Å². The van der Waals surface area contributed by atoms with Crippen LogP contribution in [0.15, 0.2) is 18.2 Å². The van der Waals surface area contributed by atoms with Crippen molar-refractivity contribution in [3.63, 3.8) is 0 Å². The van der Waals surface area contributed by atoms with Crippen molar-refractivity contribution in [2.45, 2.75) is 25.7 Å². The number of amides is 1. The number of hydrogen-bond acceptors (Lipinski definition) is 2. The minimum absolute atomic E-state index is 0.0878. The van der Waals surface area contributed by atoms with Crippen LogP contribution in [0.2, 0.25) is 0 Å². The highest BCUT2D eigenvalue weighted by molar-refractivity contribution is 9.09. The number of halogens is 1. The quantitative estimate of drug-likeness (QED) is 0.670. The number of alkyl halides is 1. The zero-order valence-corrected chi connectivity index (χ0v) is 11.3. The lowest BCUT2D eigenvalue weighted by Crippen LogP contribution is -2.11. The van der Waals surface area contributed by atoms with Gasteiger partial charge in [-0.15, -0.1) is 0 Å². The van der Waals surface area contributed by atoms with Gasteiger partial charge >= 0.3 is 0 Å². The van der Waals surface area contributed by atoms with Gasteiger partial charge in [-0.1, -0.05) is 15.9 Å². The number of fused-ring (bicyclic) bond motifs is 1. The number of hydrogen-bond donors (Lipinski definition) is 1. The molecule has 1 aliphatic rings. The average Bonchev–Trinajstić information content (AvgIpc) is 2.76. The summed E-state index contributed by atoms with van der Waals surface area (Å²) in [7, 11) is 0. The van der Waals surface area contributed by atoms with Gasteiger partial charge in [0, 0.05) is 23.9 Å². The molecule has 0 aromatic heterocycles. The van der Waals surface area contributed by atoms with Crippen LogP contribution in [0.4, 0.5) is 5.69 Å². The molecule has 1 amide bonds. The molecule has 0 radical (unpaired) electrons. The normalized spacial score (nSPS) is 13.0. The van der Waals surface area contributed by atoms with E-state index in [0.717, 1.165) is 42.6 Å². The summed E-state index contributed by atoms with van der Waals surface area (Å²) >= 11 is 3.35. The highest BCUT2D eigenvalue weighted by Gasteiger charge is 2.12. The Morgan fingerprint density at radius 3 is 3.12 bits per heavy atom. The lowest BCUT2D eigenvalue weighted by atomic mass is 10.1. The number of benzene rings is 1. The molecule has 1 aromatic rings. The molecule has 3 nitrogen and oxygen atoms in total. The highest BCUT2D eigenvalue weighted by atomic mass is 79.9. The maximum absolute atomic E-state index is 11.6. The Hall–Kier alpha value is -1.03. The van der Waals surface area contributed by atoms with Crippen LogP contribution in [-0.4, -0.2) is 17.8 Å². The van der Waals surface area contributed by atoms with Gasteiger partial charge in [0.25, 0.3) is 0 Å². The number of nitrogens with one attached hydrogen (secondary N) is 1. The van der Waals surface area contributed by atoms with Crippen LogP contribution in [0.3, 0.4) is 0 Å². The first kappa shape index (κ1) is 12.4. The first-order chi connectivity index (χ1) is 8.29. The Bertz CT molecular complexity index is 406. The number of carbonyl (C=O) groups is 1. The zero-order valence-electron chi connectivity index (χ0n) is 9.67. The molecule has 0 fully saturated rings. The van der Waals surface area contributed by atoms with Gasteiger partial charge in [-0.25, -0.2) is 0 Å². The van der Waals surface area contributed by atoms with Crippen LogP contribution in [0.1, 0.15) is 24.8 Å². The molecule has 1 heterocycles. The second-order valence-electron chi connectivity index (χ2n) is 4.12. The molecular formula is C13H16BrNO2. The average molecular weight is 298 g/mol. The molecule has 1 aliphatic heterocycles. The molecule has 0 unspecified atom stereocenters. The van der Waals surface area contributed by atoms with Gasteiger partial charge < -0.3 is 10.1 Å². The van der Waals surface area contributed by atoms with E-state index < -0.39 is 0 Å². The van der Waals surface area contributed by atoms with Crippen molar-refractivity contribution in [3.8, 4) is 5.75 Å². The van der Waals surface area contributed by atoms with Crippen molar-refractivity contribution in [1.29, 1.82) is 0 Å². The van der Waals surface area contributed by atoms with Crippen molar-refractivity contribution in [2.75, 3.05) is 17.3 Å². The topological polar surface area (TPSA) is 38.3 Å². The Morgan fingerprint density at radius 2 is 2.29 bits per heavy atom. The van der Waals surface area contributed by atoms with Crippen molar-refractivity contribution in [3.05, 3.63) is 23.8 Å². The Kier molecular flexibility index (Phi) is 4.42. The maximum atomic E-state index is 11.6. The lowest BCUT2D eigenvalue weighted by Gasteiger charge is -2.06. The predicted octanol–water partition coefficient (Wildman–Crippen LogP) is 3.13. The summed E-state index contributed by atoms with van der Waals surface area (Å²) in [5.74, 6) is 1.03. The van der Waals surface area contributed by atoms with Crippen molar-refractivity contribution < 1.29 is 9.53 Å². The largest absolute Gasteiger partial charge is 0.493 e. The van der Waals surface area contributed by atoms with Gasteiger partial charge in [0.1, 0.15) is 5.75 Å². The fourth-order valence-electron chi connectivity index (χ4n) is 1.87. The van der Waals surface area contributed by atoms with E-state index in [4.69, 9.17) is 4.74 Å². The van der Waals surface area contributed by atoms with E-state index in [2.05, 4.69) is 21.2 Å². The fourth-order valence-corrected chi connectivity index (χ4v) is 2.26. The number of unbranched alkanes of at least 4 members (excludes halogenated alkanes) is 1. The van der Waals surface area contributed by atoms with E-state index in [1.165, 1.54) is 5.56 Å². The van der Waals surface area contributed by atoms with Crippen molar-refractivity contribution in [2.24, 2.45) is 0 Å². The number of anilines is 1. The van der Waals surface area contributed by atoms with E-state index in [1.807, 2.05) is 18.2 Å². The summed E-state index contributed by atoms with van der Waals surface area (Å²) in [4.78, 5) is 11.6. The Balaban J connectivity index is 1.88. The van der Waals surface area contributed by atoms with E-state index in [0.29, 0.717) is 6.42 Å². The third-order valence-electron chi connectivity index (χ3n) is 2.76. The predicted molar refractivity (Wildman–Crippen MR) is 71.9 cm³/mol. The maximum Gasteiger partial charge on any atom is 0.224 e. The van der Waals surface area contributed by atoms with Crippen LogP contribution in [-0.2, 0) is 11.2 Å². The summed E-state index contributed by atoms with van der Waals surface area (Å²) in [5, 5.41) is 3.88. The fraction of sp³-hybridized carbons (Fsp3) is 0.462. The summed E-state index contributed by atoms with van der Waals surface area (Å²) in [6.07, 6.45) is 3.47. The lowest BCUT2D eigenvalue weighted by molar-refractivity contribution is -0.116. The number of ether oxygens (including phenoxy) is 1. The van der Waals surface area contributed by atoms with Gasteiger partial charge in [0.05, 0.1) is 6.61 Å². The van der Waals surface area contributed by atoms with Crippen molar-refractivity contribution in [1.82, 2.24) is 0 Å². The summed E-state index contributed by atoms with van der Waals surface area (Å²) in [5.41, 5.74) is 2.06. The first-order valence-corrected chi connectivity index (χ1v) is 7.03. The van der Waals surface area contributed by atoms with E-state index >= 15 is 0 Å². The molecule has 4 heteroatoms. The van der Waals surface area contributed by atoms with E-state index in [1.54, 1.807) is 0 Å². The zero-order chi connectivity index (χ0) is 12.1. The molecule has 0 atom stereocenters. The molecule has 0 aliphatic carbocycles. The molecular weight excluding hydrogens is 282 g/mol. The third kappa shape index (κ3) is 3.46. The van der Waals surface area contributed by atoms with E-state index in [-0.39, 0.29) is 5.91 Å². The second kappa shape index (κ2) is 6.05. The van der Waals surface area contributed by atoms with Crippen LogP contribution >= 0.6 is 15.9 Å². The molecule has 0 spiro atoms. The number of carbonyl (C=O) groups excluding carboxylic acids is 1. The summed E-state index contributed by atoms with van der Waals surface area (Å²) in [6, 6.07) is 5.83. The van der Waals surface area contributed by atoms with Gasteiger partial charge in [0.15, 0.2) is 0 Å². The molecule has 17 heavy (non-hydrogen) atoms. The highest BCUT2D eigenvalue weighted by Crippen LogP contribution is 2.27. The van der Waals surface area contributed by atoms with Crippen molar-refractivity contribution >= 4 is 27.5 Å². The molecule has 2 rings (SSSR count). The summed E-state index contributed by atoms with van der Waals surface area (Å²) in [6.45, 7) is 0.748. The minimum atomic E-state index is 0.0878. The van der Waals surface area contributed by atoms with Gasteiger partial charge in [-0.3, -0.25) is 4.79 Å². The number of rotatable bonds is 5. The second-order valence-corrected chi connectivity index (χ2v) is 4.91. The van der Waals surface area contributed by atoms with Gasteiger partial charge in [-0.2, -0.15) is 0 Å². The molecule has 1 N–H and O–H groups in total. The van der Waals surface area contributed by atoms with Crippen LogP contribution in [0.5, 0.6) is 5.75 Å². The molecule has 1 aromatic carbocycles. The Morgan fingerprint density at radius 1 is 1.41 bits per heavy atom. The van der Waals surface area contributed by atoms with E-state index in [9.17, 15) is 4.79 Å². The first-order valence-electron chi connectivity index (χ1n) is 5.91. The monoisotopic (exact) mass is 297 g/mol. The summed E-state index contributed by atoms with van der Waals surface area (Å²) < 4.78 is 5.42. The van der Waals surface area contributed by atoms with Crippen LogP contribution in [0.25, 0.3) is 0 Å². The standard InChI is InChI=1S/C13H16BrNO2/c14-7-2-1-3-13(16)15-11-4-5-12-10(9-11)6-8-17-12/h4-5,9H,1-3,6-8H2,(H,15,16). The SMILES string of the molecule is O=C(CCCCBr)Nc1ccc2c(c1)CCO2. The molecule has 0 saturated carbocycles. The third-order valence-corrected chi connectivity index (χ3v) is 3.32. The van der Waals surface area contributed by atoms with Crippen LogP contribution in [0, 0.1) is 0 Å². The molecule has 0 saturated heterocycles. The molecule has 0 bridgehead atoms. The van der Waals surface area contributed by atoms with Crippen LogP contribution < -0.4 is 10.1 Å². The smallest absolute Gasteiger partial charge is 0.224 e.